The van der Waals surface area contributed by atoms with Gasteiger partial charge in [-0.25, -0.2) is 9.78 Å². The van der Waals surface area contributed by atoms with Crippen LogP contribution in [0.4, 0.5) is 0 Å². The Morgan fingerprint density at radius 3 is 2.57 bits per heavy atom. The van der Waals surface area contributed by atoms with Crippen LogP contribution in [0.3, 0.4) is 0 Å². The molecule has 114 valence electrons. The fourth-order valence-electron chi connectivity index (χ4n) is 2.66. The molecular formula is C16H23N3O2. The van der Waals surface area contributed by atoms with Gasteiger partial charge < -0.3 is 14.6 Å². The first kappa shape index (κ1) is 15.5. The Hall–Kier alpha value is -1.88. The van der Waals surface area contributed by atoms with Gasteiger partial charge in [-0.1, -0.05) is 19.9 Å². The molecule has 2 rings (SSSR count). The van der Waals surface area contributed by atoms with Crippen LogP contribution in [0.15, 0.2) is 18.2 Å². The van der Waals surface area contributed by atoms with Crippen LogP contribution in [0.5, 0.6) is 0 Å². The molecule has 0 aliphatic carbocycles. The predicted molar refractivity (Wildman–Crippen MR) is 83.4 cm³/mol. The molecule has 1 N–H and O–H groups in total. The molecule has 0 aliphatic rings. The highest BCUT2D eigenvalue weighted by Crippen LogP contribution is 2.27. The summed E-state index contributed by atoms with van der Waals surface area (Å²) < 4.78 is 1.88. The zero-order valence-corrected chi connectivity index (χ0v) is 13.3. The molecule has 5 heteroatoms. The monoisotopic (exact) mass is 289 g/mol. The highest BCUT2D eigenvalue weighted by atomic mass is 16.4. The van der Waals surface area contributed by atoms with Crippen molar-refractivity contribution in [2.45, 2.75) is 33.4 Å². The molecule has 0 saturated heterocycles. The smallest absolute Gasteiger partial charge is 0.327 e. The second-order valence-electron chi connectivity index (χ2n) is 6.16. The maximum absolute atomic E-state index is 11.7. The maximum atomic E-state index is 11.7. The summed E-state index contributed by atoms with van der Waals surface area (Å²) in [6, 6.07) is 5.37. The fraction of sp³-hybridized carbons (Fsp3) is 0.500. The number of carbonyl (C=O) groups is 1. The molecule has 0 fully saturated rings. The summed E-state index contributed by atoms with van der Waals surface area (Å²) in [5.74, 6) is -0.0336. The van der Waals surface area contributed by atoms with E-state index in [2.05, 4.69) is 4.98 Å². The average molecular weight is 289 g/mol. The minimum absolute atomic E-state index is 0.0119. The molecule has 2 aromatic rings. The van der Waals surface area contributed by atoms with Crippen LogP contribution in [0, 0.1) is 12.8 Å². The standard InChI is InChI=1S/C16H23N3O2/c1-10(2)15(16(20)21)19-13-7-6-11(3)8-12(13)17-14(19)9-18(4)5/h6-8,10,15H,9H2,1-5H3,(H,20,21). The molecule has 0 spiro atoms. The molecule has 5 nitrogen and oxygen atoms in total. The molecule has 1 heterocycles. The molecule has 0 saturated carbocycles. The largest absolute Gasteiger partial charge is 0.480 e. The molecule has 1 unspecified atom stereocenters. The van der Waals surface area contributed by atoms with E-state index in [4.69, 9.17) is 0 Å². The van der Waals surface area contributed by atoms with E-state index in [0.29, 0.717) is 6.54 Å². The number of carboxylic acids is 1. The normalized spacial score (nSPS) is 13.3. The Kier molecular flexibility index (Phi) is 4.32. The zero-order chi connectivity index (χ0) is 15.7. The second-order valence-corrected chi connectivity index (χ2v) is 6.16. The van der Waals surface area contributed by atoms with Gasteiger partial charge in [0.25, 0.3) is 0 Å². The number of fused-ring (bicyclic) bond motifs is 1. The summed E-state index contributed by atoms with van der Waals surface area (Å²) in [5, 5.41) is 9.63. The summed E-state index contributed by atoms with van der Waals surface area (Å²) in [6.07, 6.45) is 0. The Bertz CT molecular complexity index is 659. The SMILES string of the molecule is Cc1ccc2c(c1)nc(CN(C)C)n2C(C(=O)O)C(C)C. The molecule has 21 heavy (non-hydrogen) atoms. The molecule has 0 bridgehead atoms. The van der Waals surface area contributed by atoms with E-state index in [-0.39, 0.29) is 5.92 Å². The van der Waals surface area contributed by atoms with Crippen LogP contribution >= 0.6 is 0 Å². The number of aryl methyl sites for hydroxylation is 1. The second kappa shape index (κ2) is 5.85. The summed E-state index contributed by atoms with van der Waals surface area (Å²) in [4.78, 5) is 18.4. The quantitative estimate of drug-likeness (QED) is 0.919. The van der Waals surface area contributed by atoms with Gasteiger partial charge >= 0.3 is 5.97 Å². The summed E-state index contributed by atoms with van der Waals surface area (Å²) in [5.41, 5.74) is 2.87. The highest BCUT2D eigenvalue weighted by molar-refractivity contribution is 5.81. The number of aliphatic carboxylic acids is 1. The lowest BCUT2D eigenvalue weighted by Gasteiger charge is -2.22. The molecule has 0 aliphatic heterocycles. The van der Waals surface area contributed by atoms with Crippen molar-refractivity contribution < 1.29 is 9.90 Å². The summed E-state index contributed by atoms with van der Waals surface area (Å²) >= 11 is 0. The summed E-state index contributed by atoms with van der Waals surface area (Å²) in [6.45, 7) is 6.49. The molecule has 0 radical (unpaired) electrons. The number of nitrogens with zero attached hydrogens (tertiary/aromatic N) is 3. The predicted octanol–water partition coefficient (Wildman–Crippen LogP) is 2.69. The Balaban J connectivity index is 2.69. The number of carboxylic acid groups (broad SMARTS) is 1. The van der Waals surface area contributed by atoms with Crippen LogP contribution in [0.25, 0.3) is 11.0 Å². The van der Waals surface area contributed by atoms with Crippen molar-refractivity contribution >= 4 is 17.0 Å². The number of benzene rings is 1. The van der Waals surface area contributed by atoms with E-state index < -0.39 is 12.0 Å². The van der Waals surface area contributed by atoms with Crippen LogP contribution in [-0.4, -0.2) is 39.6 Å². The van der Waals surface area contributed by atoms with E-state index >= 15 is 0 Å². The minimum Gasteiger partial charge on any atom is -0.480 e. The third-order valence-corrected chi connectivity index (χ3v) is 3.54. The van der Waals surface area contributed by atoms with Crippen molar-refractivity contribution in [3.63, 3.8) is 0 Å². The Morgan fingerprint density at radius 2 is 2.05 bits per heavy atom. The van der Waals surface area contributed by atoms with Crippen LogP contribution < -0.4 is 0 Å². The highest BCUT2D eigenvalue weighted by Gasteiger charge is 2.28. The van der Waals surface area contributed by atoms with E-state index in [1.54, 1.807) is 0 Å². The molecule has 1 aromatic carbocycles. The maximum Gasteiger partial charge on any atom is 0.327 e. The molecule has 1 aromatic heterocycles. The third kappa shape index (κ3) is 3.08. The molecular weight excluding hydrogens is 266 g/mol. The minimum atomic E-state index is -0.815. The first-order valence-electron chi connectivity index (χ1n) is 7.16. The molecule has 1 atom stereocenters. The van der Waals surface area contributed by atoms with E-state index in [1.165, 1.54) is 0 Å². The van der Waals surface area contributed by atoms with E-state index in [9.17, 15) is 9.90 Å². The van der Waals surface area contributed by atoms with Crippen LogP contribution in [0.2, 0.25) is 0 Å². The number of aromatic nitrogens is 2. The van der Waals surface area contributed by atoms with Crippen molar-refractivity contribution in [3.05, 3.63) is 29.6 Å². The molecule has 0 amide bonds. The third-order valence-electron chi connectivity index (χ3n) is 3.54. The van der Waals surface area contributed by atoms with Crippen molar-refractivity contribution in [2.75, 3.05) is 14.1 Å². The van der Waals surface area contributed by atoms with Gasteiger partial charge in [-0.15, -0.1) is 0 Å². The van der Waals surface area contributed by atoms with Gasteiger partial charge in [0.05, 0.1) is 17.6 Å². The Morgan fingerprint density at radius 1 is 1.38 bits per heavy atom. The van der Waals surface area contributed by atoms with E-state index in [1.807, 2.05) is 62.5 Å². The van der Waals surface area contributed by atoms with Gasteiger partial charge in [0, 0.05) is 0 Å². The number of hydrogen-bond acceptors (Lipinski definition) is 3. The van der Waals surface area contributed by atoms with Gasteiger partial charge in [-0.3, -0.25) is 0 Å². The topological polar surface area (TPSA) is 58.4 Å². The Labute approximate surface area is 125 Å². The van der Waals surface area contributed by atoms with Crippen molar-refractivity contribution in [2.24, 2.45) is 5.92 Å². The zero-order valence-electron chi connectivity index (χ0n) is 13.3. The first-order chi connectivity index (χ1) is 9.81. The first-order valence-corrected chi connectivity index (χ1v) is 7.16. The van der Waals surface area contributed by atoms with E-state index in [0.717, 1.165) is 22.4 Å². The van der Waals surface area contributed by atoms with Gasteiger partial charge in [0.2, 0.25) is 0 Å². The number of imidazole rings is 1. The van der Waals surface area contributed by atoms with Gasteiger partial charge in [0.1, 0.15) is 11.9 Å². The van der Waals surface area contributed by atoms with Crippen LogP contribution in [-0.2, 0) is 11.3 Å². The lowest BCUT2D eigenvalue weighted by atomic mass is 10.0. The van der Waals surface area contributed by atoms with Crippen molar-refractivity contribution in [1.82, 2.24) is 14.5 Å². The van der Waals surface area contributed by atoms with Gasteiger partial charge in [-0.2, -0.15) is 0 Å². The van der Waals surface area contributed by atoms with Crippen LogP contribution in [0.1, 0.15) is 31.3 Å². The fourth-order valence-corrected chi connectivity index (χ4v) is 2.66. The number of rotatable bonds is 5. The average Bonchev–Trinajstić information content (AvgIpc) is 2.65. The van der Waals surface area contributed by atoms with Crippen molar-refractivity contribution in [3.8, 4) is 0 Å². The lowest BCUT2D eigenvalue weighted by Crippen LogP contribution is -2.27. The number of hydrogen-bond donors (Lipinski definition) is 1. The lowest BCUT2D eigenvalue weighted by molar-refractivity contribution is -0.142. The van der Waals surface area contributed by atoms with Gasteiger partial charge in [0.15, 0.2) is 0 Å². The van der Waals surface area contributed by atoms with Crippen molar-refractivity contribution in [1.29, 1.82) is 0 Å². The summed E-state index contributed by atoms with van der Waals surface area (Å²) in [7, 11) is 3.92. The van der Waals surface area contributed by atoms with Gasteiger partial charge in [-0.05, 0) is 44.6 Å².